The van der Waals surface area contributed by atoms with Crippen LogP contribution in [0.1, 0.15) is 22.3 Å². The number of rotatable bonds is 4. The molecule has 2 aromatic rings. The van der Waals surface area contributed by atoms with Crippen LogP contribution in [0.15, 0.2) is 36.5 Å². The smallest absolute Gasteiger partial charge is 0.229 e. The van der Waals surface area contributed by atoms with Crippen molar-refractivity contribution < 1.29 is 4.79 Å². The number of carbonyl (C=O) groups excluding carboxylic acids is 1. The first-order valence-electron chi connectivity index (χ1n) is 6.59. The lowest BCUT2D eigenvalue weighted by atomic mass is 10.0. The third kappa shape index (κ3) is 3.65. The zero-order valence-electron chi connectivity index (χ0n) is 11.8. The van der Waals surface area contributed by atoms with Gasteiger partial charge in [-0.1, -0.05) is 24.3 Å². The summed E-state index contributed by atoms with van der Waals surface area (Å²) in [6.07, 6.45) is 2.02. The minimum Gasteiger partial charge on any atom is -0.326 e. The van der Waals surface area contributed by atoms with E-state index in [0.717, 1.165) is 11.1 Å². The minimum absolute atomic E-state index is 0.0683. The van der Waals surface area contributed by atoms with Crippen molar-refractivity contribution in [2.75, 3.05) is 5.32 Å². The van der Waals surface area contributed by atoms with E-state index in [1.807, 2.05) is 31.2 Å². The summed E-state index contributed by atoms with van der Waals surface area (Å²) in [5.41, 5.74) is 9.87. The number of amides is 1. The Labute approximate surface area is 119 Å². The van der Waals surface area contributed by atoms with Crippen molar-refractivity contribution in [3.63, 3.8) is 0 Å². The summed E-state index contributed by atoms with van der Waals surface area (Å²) >= 11 is 0. The third-order valence-corrected chi connectivity index (χ3v) is 3.26. The molecular formula is C16H19N3O. The van der Waals surface area contributed by atoms with Crippen LogP contribution in [0.5, 0.6) is 0 Å². The molecule has 0 unspecified atom stereocenters. The van der Waals surface area contributed by atoms with Gasteiger partial charge in [0.2, 0.25) is 5.91 Å². The second kappa shape index (κ2) is 6.30. The summed E-state index contributed by atoms with van der Waals surface area (Å²) < 4.78 is 0. The van der Waals surface area contributed by atoms with Gasteiger partial charge in [-0.3, -0.25) is 4.79 Å². The summed E-state index contributed by atoms with van der Waals surface area (Å²) in [6.45, 7) is 4.55. The molecule has 4 heteroatoms. The highest BCUT2D eigenvalue weighted by Crippen LogP contribution is 2.11. The lowest BCUT2D eigenvalue weighted by Gasteiger charge is -2.07. The zero-order valence-corrected chi connectivity index (χ0v) is 11.8. The fourth-order valence-corrected chi connectivity index (χ4v) is 1.91. The number of anilines is 1. The largest absolute Gasteiger partial charge is 0.326 e. The number of pyridine rings is 1. The number of carbonyl (C=O) groups is 1. The Kier molecular flexibility index (Phi) is 4.48. The molecule has 1 aromatic carbocycles. The van der Waals surface area contributed by atoms with E-state index >= 15 is 0 Å². The summed E-state index contributed by atoms with van der Waals surface area (Å²) in [5.74, 6) is 0.484. The van der Waals surface area contributed by atoms with Gasteiger partial charge in [-0.2, -0.15) is 0 Å². The molecule has 1 aromatic heterocycles. The van der Waals surface area contributed by atoms with Gasteiger partial charge >= 0.3 is 0 Å². The van der Waals surface area contributed by atoms with Crippen molar-refractivity contribution in [1.29, 1.82) is 0 Å². The van der Waals surface area contributed by atoms with E-state index < -0.39 is 0 Å². The normalized spacial score (nSPS) is 10.3. The number of hydrogen-bond acceptors (Lipinski definition) is 3. The predicted octanol–water partition coefficient (Wildman–Crippen LogP) is 2.34. The first kappa shape index (κ1) is 14.2. The molecule has 2 rings (SSSR count). The molecule has 0 aliphatic rings. The van der Waals surface area contributed by atoms with Crippen LogP contribution in [0.25, 0.3) is 0 Å². The van der Waals surface area contributed by atoms with Gasteiger partial charge in [0.15, 0.2) is 0 Å². The number of nitrogens with one attached hydrogen (secondary N) is 1. The molecule has 0 radical (unpaired) electrons. The molecule has 0 saturated heterocycles. The van der Waals surface area contributed by atoms with E-state index in [9.17, 15) is 4.79 Å². The van der Waals surface area contributed by atoms with E-state index in [1.54, 1.807) is 12.3 Å². The van der Waals surface area contributed by atoms with E-state index in [4.69, 9.17) is 5.73 Å². The molecule has 1 heterocycles. The highest BCUT2D eigenvalue weighted by molar-refractivity contribution is 5.91. The second-order valence-electron chi connectivity index (χ2n) is 4.90. The minimum atomic E-state index is -0.0683. The maximum absolute atomic E-state index is 12.0. The number of aromatic nitrogens is 1. The predicted molar refractivity (Wildman–Crippen MR) is 80.4 cm³/mol. The van der Waals surface area contributed by atoms with Gasteiger partial charge in [0.25, 0.3) is 0 Å². The van der Waals surface area contributed by atoms with Gasteiger partial charge in [-0.25, -0.2) is 4.98 Å². The molecule has 1 amide bonds. The van der Waals surface area contributed by atoms with Gasteiger partial charge in [-0.15, -0.1) is 0 Å². The van der Waals surface area contributed by atoms with Gasteiger partial charge in [0.1, 0.15) is 5.82 Å². The zero-order chi connectivity index (χ0) is 14.5. The molecule has 0 spiro atoms. The molecule has 0 aliphatic carbocycles. The summed E-state index contributed by atoms with van der Waals surface area (Å²) in [5, 5.41) is 2.78. The average Bonchev–Trinajstić information content (AvgIpc) is 2.44. The van der Waals surface area contributed by atoms with Crippen molar-refractivity contribution in [2.24, 2.45) is 5.73 Å². The van der Waals surface area contributed by atoms with Crippen molar-refractivity contribution in [1.82, 2.24) is 4.98 Å². The lowest BCUT2D eigenvalue weighted by molar-refractivity contribution is -0.115. The standard InChI is InChI=1S/C16H19N3O/c1-11-3-4-13(7-12(11)2)8-16(20)19-15-6-5-14(9-17)10-18-15/h3-7,10H,8-9,17H2,1-2H3,(H,18,19,20). The Morgan fingerprint density at radius 3 is 2.50 bits per heavy atom. The molecule has 3 N–H and O–H groups in total. The second-order valence-corrected chi connectivity index (χ2v) is 4.90. The molecular weight excluding hydrogens is 250 g/mol. The highest BCUT2D eigenvalue weighted by atomic mass is 16.1. The van der Waals surface area contributed by atoms with E-state index in [1.165, 1.54) is 11.1 Å². The molecule has 4 nitrogen and oxygen atoms in total. The Morgan fingerprint density at radius 1 is 1.15 bits per heavy atom. The first-order valence-corrected chi connectivity index (χ1v) is 6.59. The quantitative estimate of drug-likeness (QED) is 0.895. The van der Waals surface area contributed by atoms with Crippen LogP contribution < -0.4 is 11.1 Å². The topological polar surface area (TPSA) is 68.0 Å². The van der Waals surface area contributed by atoms with Crippen LogP contribution in [0, 0.1) is 13.8 Å². The van der Waals surface area contributed by atoms with Crippen LogP contribution in [0.4, 0.5) is 5.82 Å². The number of hydrogen-bond donors (Lipinski definition) is 2. The summed E-state index contributed by atoms with van der Waals surface area (Å²) in [7, 11) is 0. The Balaban J connectivity index is 1.99. The number of nitrogens with two attached hydrogens (primary N) is 1. The molecule has 0 bridgehead atoms. The van der Waals surface area contributed by atoms with Crippen molar-refractivity contribution in [2.45, 2.75) is 26.8 Å². The fraction of sp³-hybridized carbons (Fsp3) is 0.250. The van der Waals surface area contributed by atoms with Crippen LogP contribution in [0.3, 0.4) is 0 Å². The molecule has 0 atom stereocenters. The SMILES string of the molecule is Cc1ccc(CC(=O)Nc2ccc(CN)cn2)cc1C. The van der Waals surface area contributed by atoms with Gasteiger partial charge in [0, 0.05) is 12.7 Å². The lowest BCUT2D eigenvalue weighted by Crippen LogP contribution is -2.15. The van der Waals surface area contributed by atoms with Crippen LogP contribution in [0.2, 0.25) is 0 Å². The Hall–Kier alpha value is -2.20. The van der Waals surface area contributed by atoms with Gasteiger partial charge in [-0.05, 0) is 42.2 Å². The van der Waals surface area contributed by atoms with E-state index in [0.29, 0.717) is 18.8 Å². The maximum atomic E-state index is 12.0. The van der Waals surface area contributed by atoms with Crippen LogP contribution in [-0.4, -0.2) is 10.9 Å². The first-order chi connectivity index (χ1) is 9.58. The van der Waals surface area contributed by atoms with Crippen molar-refractivity contribution in [3.8, 4) is 0 Å². The Bertz CT molecular complexity index is 606. The summed E-state index contributed by atoms with van der Waals surface area (Å²) in [4.78, 5) is 16.1. The fourth-order valence-electron chi connectivity index (χ4n) is 1.91. The average molecular weight is 269 g/mol. The third-order valence-electron chi connectivity index (χ3n) is 3.26. The molecule has 20 heavy (non-hydrogen) atoms. The molecule has 0 aliphatic heterocycles. The molecule has 0 saturated carbocycles. The van der Waals surface area contributed by atoms with Crippen LogP contribution in [-0.2, 0) is 17.8 Å². The number of aryl methyl sites for hydroxylation is 2. The number of nitrogens with zero attached hydrogens (tertiary/aromatic N) is 1. The molecule has 104 valence electrons. The van der Waals surface area contributed by atoms with Crippen LogP contribution >= 0.6 is 0 Å². The molecule has 0 fully saturated rings. The maximum Gasteiger partial charge on any atom is 0.229 e. The van der Waals surface area contributed by atoms with Crippen molar-refractivity contribution >= 4 is 11.7 Å². The summed E-state index contributed by atoms with van der Waals surface area (Å²) in [6, 6.07) is 9.68. The van der Waals surface area contributed by atoms with Gasteiger partial charge < -0.3 is 11.1 Å². The van der Waals surface area contributed by atoms with Gasteiger partial charge in [0.05, 0.1) is 6.42 Å². The van der Waals surface area contributed by atoms with E-state index in [-0.39, 0.29) is 5.91 Å². The number of benzene rings is 1. The monoisotopic (exact) mass is 269 g/mol. The van der Waals surface area contributed by atoms with E-state index in [2.05, 4.69) is 17.2 Å². The van der Waals surface area contributed by atoms with Crippen molar-refractivity contribution in [3.05, 3.63) is 58.8 Å². The Morgan fingerprint density at radius 2 is 1.90 bits per heavy atom. The highest BCUT2D eigenvalue weighted by Gasteiger charge is 2.06.